The minimum Gasteiger partial charge on any atom is -0.486 e. The normalized spacial score (nSPS) is 13.1. The van der Waals surface area contributed by atoms with Gasteiger partial charge in [-0.05, 0) is 31.0 Å². The van der Waals surface area contributed by atoms with E-state index < -0.39 is 0 Å². The highest BCUT2D eigenvalue weighted by molar-refractivity contribution is 14.0. The Bertz CT molecular complexity index is 769. The molecule has 2 N–H and O–H groups in total. The molecule has 2 heterocycles. The van der Waals surface area contributed by atoms with Crippen molar-refractivity contribution in [1.82, 2.24) is 15.6 Å². The van der Waals surface area contributed by atoms with Gasteiger partial charge >= 0.3 is 0 Å². The van der Waals surface area contributed by atoms with Gasteiger partial charge in [0, 0.05) is 24.7 Å². The summed E-state index contributed by atoms with van der Waals surface area (Å²) >= 11 is 7.95. The van der Waals surface area contributed by atoms with Gasteiger partial charge in [0.05, 0.1) is 11.6 Å². The first kappa shape index (κ1) is 21.0. The van der Waals surface area contributed by atoms with Crippen LogP contribution in [0.25, 0.3) is 0 Å². The van der Waals surface area contributed by atoms with E-state index >= 15 is 0 Å². The van der Waals surface area contributed by atoms with Gasteiger partial charge < -0.3 is 20.1 Å². The van der Waals surface area contributed by atoms with Crippen LogP contribution >= 0.6 is 46.9 Å². The lowest BCUT2D eigenvalue weighted by molar-refractivity contribution is 0.171. The van der Waals surface area contributed by atoms with Crippen LogP contribution in [0.3, 0.4) is 0 Å². The number of nitrogens with one attached hydrogen (secondary N) is 2. The van der Waals surface area contributed by atoms with Crippen LogP contribution in [-0.2, 0) is 13.0 Å². The Hall–Kier alpha value is -1.26. The van der Waals surface area contributed by atoms with Crippen molar-refractivity contribution < 1.29 is 9.47 Å². The van der Waals surface area contributed by atoms with Crippen molar-refractivity contribution in [1.29, 1.82) is 0 Å². The van der Waals surface area contributed by atoms with Gasteiger partial charge in [0.15, 0.2) is 17.5 Å². The van der Waals surface area contributed by atoms with Gasteiger partial charge in [0.1, 0.15) is 18.2 Å². The summed E-state index contributed by atoms with van der Waals surface area (Å²) in [5, 5.41) is 8.19. The average molecular weight is 509 g/mol. The second kappa shape index (κ2) is 10.2. The van der Waals surface area contributed by atoms with E-state index in [1.165, 1.54) is 4.88 Å². The Morgan fingerprint density at radius 1 is 1.31 bits per heavy atom. The van der Waals surface area contributed by atoms with E-state index in [9.17, 15) is 0 Å². The Labute approximate surface area is 179 Å². The van der Waals surface area contributed by atoms with E-state index in [-0.39, 0.29) is 24.0 Å². The van der Waals surface area contributed by atoms with Gasteiger partial charge in [-0.15, -0.1) is 35.3 Å². The predicted octanol–water partition coefficient (Wildman–Crippen LogP) is 3.40. The molecule has 0 saturated heterocycles. The molecule has 1 aliphatic heterocycles. The minimum atomic E-state index is 0. The zero-order valence-corrected chi connectivity index (χ0v) is 18.6. The third-order valence-electron chi connectivity index (χ3n) is 3.66. The first-order valence-corrected chi connectivity index (χ1v) is 9.29. The summed E-state index contributed by atoms with van der Waals surface area (Å²) in [6, 6.07) is 3.90. The number of hydrogen-bond donors (Lipinski definition) is 2. The molecule has 0 aliphatic carbocycles. The van der Waals surface area contributed by atoms with E-state index in [4.69, 9.17) is 21.1 Å². The number of guanidine groups is 1. The Morgan fingerprint density at radius 3 is 2.85 bits per heavy atom. The minimum absolute atomic E-state index is 0. The molecule has 9 heteroatoms. The number of fused-ring (bicyclic) bond motifs is 1. The van der Waals surface area contributed by atoms with Gasteiger partial charge in [-0.1, -0.05) is 11.6 Å². The van der Waals surface area contributed by atoms with Crippen molar-refractivity contribution in [3.05, 3.63) is 38.8 Å². The quantitative estimate of drug-likeness (QED) is 0.368. The largest absolute Gasteiger partial charge is 0.486 e. The highest BCUT2D eigenvalue weighted by Gasteiger charge is 2.16. The maximum atomic E-state index is 6.27. The third-order valence-corrected chi connectivity index (χ3v) is 4.86. The number of aromatic nitrogens is 1. The summed E-state index contributed by atoms with van der Waals surface area (Å²) in [5.41, 5.74) is 1.09. The molecule has 0 unspecified atom stereocenters. The molecule has 26 heavy (non-hydrogen) atoms. The van der Waals surface area contributed by atoms with Gasteiger partial charge in [0.25, 0.3) is 0 Å². The number of rotatable bonds is 5. The molecular weight excluding hydrogens is 487 g/mol. The van der Waals surface area contributed by atoms with Crippen molar-refractivity contribution >= 4 is 52.9 Å². The Balaban J connectivity index is 0.00000243. The molecule has 6 nitrogen and oxygen atoms in total. The monoisotopic (exact) mass is 508 g/mol. The fourth-order valence-electron chi connectivity index (χ4n) is 2.50. The van der Waals surface area contributed by atoms with Crippen LogP contribution in [0.5, 0.6) is 11.5 Å². The van der Waals surface area contributed by atoms with Crippen LogP contribution in [0.4, 0.5) is 0 Å². The summed E-state index contributed by atoms with van der Waals surface area (Å²) < 4.78 is 11.1. The molecule has 1 aromatic heterocycles. The number of hydrogen-bond acceptors (Lipinski definition) is 5. The molecule has 0 bridgehead atoms. The highest BCUT2D eigenvalue weighted by Crippen LogP contribution is 2.38. The van der Waals surface area contributed by atoms with E-state index in [2.05, 4.69) is 20.6 Å². The first-order chi connectivity index (χ1) is 12.2. The fraction of sp³-hybridized carbons (Fsp3) is 0.412. The summed E-state index contributed by atoms with van der Waals surface area (Å²) in [6.07, 6.45) is 2.68. The number of thiazole rings is 1. The molecule has 0 saturated carbocycles. The summed E-state index contributed by atoms with van der Waals surface area (Å²) in [5.74, 6) is 2.10. The topological polar surface area (TPSA) is 67.8 Å². The van der Waals surface area contributed by atoms with E-state index in [1.807, 2.05) is 25.3 Å². The van der Waals surface area contributed by atoms with Crippen molar-refractivity contribution in [2.24, 2.45) is 4.99 Å². The lowest BCUT2D eigenvalue weighted by Gasteiger charge is -2.20. The van der Waals surface area contributed by atoms with Gasteiger partial charge in [-0.2, -0.15) is 0 Å². The van der Waals surface area contributed by atoms with Crippen molar-refractivity contribution in [3.63, 3.8) is 0 Å². The van der Waals surface area contributed by atoms with Crippen molar-refractivity contribution in [2.45, 2.75) is 19.9 Å². The molecule has 0 radical (unpaired) electrons. The second-order valence-electron chi connectivity index (χ2n) is 5.57. The number of nitrogens with zero attached hydrogens (tertiary/aromatic N) is 2. The number of benzene rings is 1. The summed E-state index contributed by atoms with van der Waals surface area (Å²) in [4.78, 5) is 9.77. The van der Waals surface area contributed by atoms with E-state index in [0.29, 0.717) is 30.5 Å². The molecule has 0 amide bonds. The number of halogens is 2. The van der Waals surface area contributed by atoms with Gasteiger partial charge in [0.2, 0.25) is 0 Å². The fourth-order valence-corrected chi connectivity index (χ4v) is 3.51. The van der Waals surface area contributed by atoms with E-state index in [1.54, 1.807) is 18.4 Å². The molecule has 142 valence electrons. The van der Waals surface area contributed by atoms with Crippen LogP contribution in [-0.4, -0.2) is 37.7 Å². The smallest absolute Gasteiger partial charge is 0.191 e. The van der Waals surface area contributed by atoms with Crippen molar-refractivity contribution in [2.75, 3.05) is 26.8 Å². The maximum absolute atomic E-state index is 6.27. The molecule has 1 aromatic carbocycles. The number of aryl methyl sites for hydroxylation is 1. The summed E-state index contributed by atoms with van der Waals surface area (Å²) in [7, 11) is 1.75. The van der Waals surface area contributed by atoms with Crippen LogP contribution in [0.2, 0.25) is 5.02 Å². The second-order valence-corrected chi connectivity index (χ2v) is 7.30. The van der Waals surface area contributed by atoms with Crippen LogP contribution in [0.1, 0.15) is 15.4 Å². The van der Waals surface area contributed by atoms with E-state index in [0.717, 1.165) is 35.2 Å². The third kappa shape index (κ3) is 5.62. The highest BCUT2D eigenvalue weighted by atomic mass is 127. The van der Waals surface area contributed by atoms with Gasteiger partial charge in [-0.3, -0.25) is 4.99 Å². The number of aliphatic imine (C=N–C) groups is 1. The van der Waals surface area contributed by atoms with Crippen molar-refractivity contribution in [3.8, 4) is 11.5 Å². The predicted molar refractivity (Wildman–Crippen MR) is 117 cm³/mol. The molecule has 0 spiro atoms. The zero-order valence-electron chi connectivity index (χ0n) is 14.7. The van der Waals surface area contributed by atoms with Crippen LogP contribution in [0, 0.1) is 6.92 Å². The molecular formula is C17H22ClIN4O2S. The molecule has 1 aliphatic rings. The lowest BCUT2D eigenvalue weighted by Crippen LogP contribution is -2.37. The molecule has 0 fully saturated rings. The molecule has 0 atom stereocenters. The SMILES string of the molecule is CN=C(NCCc1cc(Cl)c2c(c1)OCCO2)NCc1ncc(C)s1.I. The molecule has 2 aromatic rings. The Kier molecular flexibility index (Phi) is 8.23. The molecule has 3 rings (SSSR count). The van der Waals surface area contributed by atoms with Gasteiger partial charge in [-0.25, -0.2) is 4.98 Å². The maximum Gasteiger partial charge on any atom is 0.191 e. The first-order valence-electron chi connectivity index (χ1n) is 8.09. The number of ether oxygens (including phenoxy) is 2. The Morgan fingerprint density at radius 2 is 2.12 bits per heavy atom. The van der Waals surface area contributed by atoms with Crippen LogP contribution < -0.4 is 20.1 Å². The summed E-state index contributed by atoms with van der Waals surface area (Å²) in [6.45, 7) is 4.53. The zero-order chi connectivity index (χ0) is 17.6. The standard InChI is InChI=1S/C17H21ClN4O2S.HI/c1-11-9-21-15(25-11)10-22-17(19-2)20-4-3-12-7-13(18)16-14(8-12)23-5-6-24-16;/h7-9H,3-6,10H2,1-2H3,(H2,19,20,22);1H. The van der Waals surface area contributed by atoms with Crippen LogP contribution in [0.15, 0.2) is 23.3 Å². The average Bonchev–Trinajstić information content (AvgIpc) is 3.03. The lowest BCUT2D eigenvalue weighted by atomic mass is 10.1.